The molecule has 2 heterocycles. The van der Waals surface area contributed by atoms with E-state index < -0.39 is 0 Å². The molecule has 2 heteroatoms. The van der Waals surface area contributed by atoms with Gasteiger partial charge in [0.2, 0.25) is 0 Å². The summed E-state index contributed by atoms with van der Waals surface area (Å²) in [4.78, 5) is 9.56. The van der Waals surface area contributed by atoms with Crippen molar-refractivity contribution in [2.45, 2.75) is 52.4 Å². The zero-order chi connectivity index (χ0) is 15.4. The third kappa shape index (κ3) is 2.96. The largest absolute Gasteiger partial charge is 0.254 e. The van der Waals surface area contributed by atoms with Gasteiger partial charge in [-0.1, -0.05) is 51.3 Å². The number of hydrogen-bond acceptors (Lipinski definition) is 2. The van der Waals surface area contributed by atoms with E-state index in [1.807, 2.05) is 12.3 Å². The quantitative estimate of drug-likeness (QED) is 0.445. The van der Waals surface area contributed by atoms with Crippen molar-refractivity contribution in [1.29, 1.82) is 0 Å². The van der Waals surface area contributed by atoms with Crippen molar-refractivity contribution in [2.75, 3.05) is 0 Å². The van der Waals surface area contributed by atoms with Crippen molar-refractivity contribution in [2.24, 2.45) is 0 Å². The minimum atomic E-state index is 1.03. The number of hydrogen-bond donors (Lipinski definition) is 0. The lowest BCUT2D eigenvalue weighted by Gasteiger charge is -2.11. The Labute approximate surface area is 132 Å². The van der Waals surface area contributed by atoms with Gasteiger partial charge in [0, 0.05) is 22.7 Å². The Hall–Kier alpha value is -1.96. The topological polar surface area (TPSA) is 25.8 Å². The van der Waals surface area contributed by atoms with Crippen molar-refractivity contribution in [3.8, 4) is 0 Å². The molecule has 0 aliphatic heterocycles. The molecule has 0 fully saturated rings. The number of fused-ring (bicyclic) bond motifs is 3. The standard InChI is InChI=1S/C20H24N2/c1-3-5-6-9-16-14-17-12-11-15-10-7-13-21-19(15)20(17)22-18(16)8-4-2/h7,10-14H,3-6,8-9H2,1-2H3. The Kier molecular flexibility index (Phi) is 4.67. The fourth-order valence-electron chi connectivity index (χ4n) is 3.09. The molecule has 0 saturated heterocycles. The lowest BCUT2D eigenvalue weighted by Crippen LogP contribution is -2.00. The minimum absolute atomic E-state index is 1.03. The summed E-state index contributed by atoms with van der Waals surface area (Å²) >= 11 is 0. The second kappa shape index (κ2) is 6.87. The SMILES string of the molecule is CCCCCc1cc2ccc3cccnc3c2nc1CCC. The molecule has 0 spiro atoms. The summed E-state index contributed by atoms with van der Waals surface area (Å²) in [6.45, 7) is 4.48. The Morgan fingerprint density at radius 1 is 0.864 bits per heavy atom. The molecule has 0 radical (unpaired) electrons. The Balaban J connectivity index is 2.12. The van der Waals surface area contributed by atoms with E-state index in [1.165, 1.54) is 41.3 Å². The number of unbranched alkanes of at least 4 members (excludes halogenated alkanes) is 2. The molecular weight excluding hydrogens is 268 g/mol. The van der Waals surface area contributed by atoms with Crippen LogP contribution in [-0.2, 0) is 12.8 Å². The maximum absolute atomic E-state index is 5.01. The number of benzene rings is 1. The predicted molar refractivity (Wildman–Crippen MR) is 94.3 cm³/mol. The van der Waals surface area contributed by atoms with Crippen molar-refractivity contribution in [3.63, 3.8) is 0 Å². The second-order valence-corrected chi connectivity index (χ2v) is 6.01. The molecule has 2 nitrogen and oxygen atoms in total. The highest BCUT2D eigenvalue weighted by Crippen LogP contribution is 2.25. The van der Waals surface area contributed by atoms with Gasteiger partial charge in [-0.3, -0.25) is 9.97 Å². The molecule has 3 rings (SSSR count). The molecule has 2 aromatic heterocycles. The summed E-state index contributed by atoms with van der Waals surface area (Å²) in [5.41, 5.74) is 4.78. The van der Waals surface area contributed by atoms with Gasteiger partial charge in [-0.2, -0.15) is 0 Å². The van der Waals surface area contributed by atoms with Crippen LogP contribution in [0.3, 0.4) is 0 Å². The van der Waals surface area contributed by atoms with E-state index in [-0.39, 0.29) is 0 Å². The zero-order valence-corrected chi connectivity index (χ0v) is 13.6. The van der Waals surface area contributed by atoms with Gasteiger partial charge in [0.15, 0.2) is 0 Å². The van der Waals surface area contributed by atoms with E-state index in [9.17, 15) is 0 Å². The molecule has 0 aliphatic carbocycles. The van der Waals surface area contributed by atoms with Crippen LogP contribution in [-0.4, -0.2) is 9.97 Å². The lowest BCUT2D eigenvalue weighted by atomic mass is 10.00. The van der Waals surface area contributed by atoms with Gasteiger partial charge in [-0.05, 0) is 37.0 Å². The van der Waals surface area contributed by atoms with Gasteiger partial charge in [0.05, 0.1) is 11.0 Å². The van der Waals surface area contributed by atoms with Crippen LogP contribution in [0, 0.1) is 0 Å². The smallest absolute Gasteiger partial charge is 0.0968 e. The molecule has 114 valence electrons. The fourth-order valence-corrected chi connectivity index (χ4v) is 3.09. The Morgan fingerprint density at radius 2 is 1.73 bits per heavy atom. The molecule has 1 aromatic carbocycles. The van der Waals surface area contributed by atoms with E-state index in [0.717, 1.165) is 30.3 Å². The minimum Gasteiger partial charge on any atom is -0.254 e. The van der Waals surface area contributed by atoms with Gasteiger partial charge < -0.3 is 0 Å². The van der Waals surface area contributed by atoms with Gasteiger partial charge in [-0.15, -0.1) is 0 Å². The van der Waals surface area contributed by atoms with Crippen LogP contribution < -0.4 is 0 Å². The average Bonchev–Trinajstić information content (AvgIpc) is 2.55. The summed E-state index contributed by atoms with van der Waals surface area (Å²) in [6, 6.07) is 10.8. The normalized spacial score (nSPS) is 11.4. The first kappa shape index (κ1) is 15.0. The van der Waals surface area contributed by atoms with Crippen LogP contribution in [0.4, 0.5) is 0 Å². The number of rotatable bonds is 6. The highest BCUT2D eigenvalue weighted by atomic mass is 14.8. The second-order valence-electron chi connectivity index (χ2n) is 6.01. The van der Waals surface area contributed by atoms with Gasteiger partial charge in [0.1, 0.15) is 0 Å². The van der Waals surface area contributed by atoms with E-state index >= 15 is 0 Å². The van der Waals surface area contributed by atoms with Crippen LogP contribution in [0.1, 0.15) is 50.8 Å². The fraction of sp³-hybridized carbons (Fsp3) is 0.400. The van der Waals surface area contributed by atoms with E-state index in [0.29, 0.717) is 0 Å². The van der Waals surface area contributed by atoms with Crippen LogP contribution >= 0.6 is 0 Å². The molecule has 0 aliphatic rings. The number of pyridine rings is 2. The van der Waals surface area contributed by atoms with Gasteiger partial charge in [-0.25, -0.2) is 0 Å². The van der Waals surface area contributed by atoms with Crippen LogP contribution in [0.15, 0.2) is 36.5 Å². The van der Waals surface area contributed by atoms with Crippen molar-refractivity contribution >= 4 is 21.8 Å². The molecule has 0 unspecified atom stereocenters. The van der Waals surface area contributed by atoms with E-state index in [1.54, 1.807) is 0 Å². The first-order valence-corrected chi connectivity index (χ1v) is 8.49. The molecule has 0 N–H and O–H groups in total. The van der Waals surface area contributed by atoms with Gasteiger partial charge in [0.25, 0.3) is 0 Å². The Morgan fingerprint density at radius 3 is 2.55 bits per heavy atom. The predicted octanol–water partition coefficient (Wildman–Crippen LogP) is 5.47. The Bertz CT molecular complexity index is 777. The first-order chi connectivity index (χ1) is 10.8. The van der Waals surface area contributed by atoms with Crippen LogP contribution in [0.5, 0.6) is 0 Å². The molecule has 3 aromatic rings. The summed E-state index contributed by atoms with van der Waals surface area (Å²) in [5, 5.41) is 2.39. The summed E-state index contributed by atoms with van der Waals surface area (Å²) in [7, 11) is 0. The maximum atomic E-state index is 5.01. The highest BCUT2D eigenvalue weighted by Gasteiger charge is 2.09. The van der Waals surface area contributed by atoms with Crippen molar-refractivity contribution < 1.29 is 0 Å². The first-order valence-electron chi connectivity index (χ1n) is 8.49. The summed E-state index contributed by atoms with van der Waals surface area (Å²) in [6.07, 6.45) is 9.01. The molecule has 0 bridgehead atoms. The van der Waals surface area contributed by atoms with Gasteiger partial charge >= 0.3 is 0 Å². The van der Waals surface area contributed by atoms with Crippen LogP contribution in [0.2, 0.25) is 0 Å². The lowest BCUT2D eigenvalue weighted by molar-refractivity contribution is 0.708. The molecule has 0 atom stereocenters. The van der Waals surface area contributed by atoms with Crippen LogP contribution in [0.25, 0.3) is 21.8 Å². The zero-order valence-electron chi connectivity index (χ0n) is 13.6. The monoisotopic (exact) mass is 292 g/mol. The third-order valence-corrected chi connectivity index (χ3v) is 4.26. The van der Waals surface area contributed by atoms with Crippen molar-refractivity contribution in [3.05, 3.63) is 47.8 Å². The number of nitrogens with zero attached hydrogens (tertiary/aromatic N) is 2. The molecule has 0 amide bonds. The summed E-state index contributed by atoms with van der Waals surface area (Å²) in [5.74, 6) is 0. The number of aryl methyl sites for hydroxylation is 2. The highest BCUT2D eigenvalue weighted by molar-refractivity contribution is 6.02. The van der Waals surface area contributed by atoms with E-state index in [4.69, 9.17) is 4.98 Å². The summed E-state index contributed by atoms with van der Waals surface area (Å²) < 4.78 is 0. The van der Waals surface area contributed by atoms with E-state index in [2.05, 4.69) is 43.1 Å². The maximum Gasteiger partial charge on any atom is 0.0968 e. The molecule has 0 saturated carbocycles. The number of aromatic nitrogens is 2. The average molecular weight is 292 g/mol. The van der Waals surface area contributed by atoms with Crippen molar-refractivity contribution in [1.82, 2.24) is 9.97 Å². The molecular formula is C20H24N2. The third-order valence-electron chi connectivity index (χ3n) is 4.26. The molecule has 22 heavy (non-hydrogen) atoms.